The number of hydrogen-bond donors (Lipinski definition) is 3. The van der Waals surface area contributed by atoms with Gasteiger partial charge in [0.25, 0.3) is 0 Å². The van der Waals surface area contributed by atoms with Gasteiger partial charge in [0.1, 0.15) is 11.6 Å². The summed E-state index contributed by atoms with van der Waals surface area (Å²) in [6, 6.07) is 19.5. The number of ether oxygens (including phenoxy) is 1. The van der Waals surface area contributed by atoms with Crippen LogP contribution in [-0.2, 0) is 4.74 Å². The SMILES string of the molecule is Nc1cc(-n2ccnc2)c2ccc(-c3ccn[nH]3)cc2n1.Nc1cc(Cl)c2ccc(-c3ccnn3C3CCCCO3)cc2n1. The van der Waals surface area contributed by atoms with Crippen LogP contribution in [0.2, 0.25) is 5.02 Å². The van der Waals surface area contributed by atoms with Crippen LogP contribution in [0.3, 0.4) is 0 Å². The van der Waals surface area contributed by atoms with Gasteiger partial charge in [0.15, 0.2) is 6.23 Å². The average molecular weight is 605 g/mol. The Morgan fingerprint density at radius 2 is 1.64 bits per heavy atom. The Morgan fingerprint density at radius 3 is 2.41 bits per heavy atom. The molecule has 6 heterocycles. The highest BCUT2D eigenvalue weighted by Gasteiger charge is 2.20. The number of nitrogens with zero attached hydrogens (tertiary/aromatic N) is 7. The number of hydrogen-bond acceptors (Lipinski definition) is 8. The number of aromatic amines is 1. The Morgan fingerprint density at radius 1 is 0.841 bits per heavy atom. The van der Waals surface area contributed by atoms with Gasteiger partial charge in [-0.15, -0.1) is 0 Å². The van der Waals surface area contributed by atoms with E-state index in [0.29, 0.717) is 16.7 Å². The van der Waals surface area contributed by atoms with Crippen molar-refractivity contribution < 1.29 is 4.74 Å². The van der Waals surface area contributed by atoms with Crippen LogP contribution >= 0.6 is 11.6 Å². The number of aromatic nitrogens is 8. The molecule has 0 radical (unpaired) electrons. The van der Waals surface area contributed by atoms with E-state index in [1.165, 1.54) is 0 Å². The first-order chi connectivity index (χ1) is 21.5. The average Bonchev–Trinajstić information content (AvgIpc) is 3.84. The predicted octanol–water partition coefficient (Wildman–Crippen LogP) is 6.43. The van der Waals surface area contributed by atoms with E-state index in [2.05, 4.69) is 30.2 Å². The van der Waals surface area contributed by atoms with E-state index in [1.54, 1.807) is 31.0 Å². The molecule has 0 saturated carbocycles. The minimum atomic E-state index is 0.00170. The van der Waals surface area contributed by atoms with Crippen LogP contribution in [-0.4, -0.2) is 46.1 Å². The van der Waals surface area contributed by atoms with Gasteiger partial charge in [-0.2, -0.15) is 10.2 Å². The summed E-state index contributed by atoms with van der Waals surface area (Å²) in [5, 5.41) is 13.9. The van der Waals surface area contributed by atoms with Gasteiger partial charge in [-0.1, -0.05) is 35.9 Å². The Balaban J connectivity index is 0.000000143. The van der Waals surface area contributed by atoms with Crippen LogP contribution in [0.25, 0.3) is 50.0 Å². The number of H-pyrrole nitrogens is 1. The van der Waals surface area contributed by atoms with E-state index in [9.17, 15) is 0 Å². The molecule has 0 amide bonds. The van der Waals surface area contributed by atoms with E-state index in [1.807, 2.05) is 70.0 Å². The standard InChI is InChI=1S/C17H17ClN4O.C15H12N6/c18-13-10-16(19)21-14-9-11(4-5-12(13)14)15-6-7-20-22(15)17-3-1-2-8-23-17;16-15-8-14(21-6-5-17-9-21)11-2-1-10(7-13(11)19-15)12-3-4-18-20-12/h4-7,9-10,17H,1-3,8H2,(H2,19,21);1-9H,(H2,16,19)(H,18,20). The van der Waals surface area contributed by atoms with E-state index in [4.69, 9.17) is 27.8 Å². The maximum atomic E-state index is 6.24. The lowest BCUT2D eigenvalue weighted by Gasteiger charge is -2.24. The van der Waals surface area contributed by atoms with Crippen LogP contribution in [0.5, 0.6) is 0 Å². The van der Waals surface area contributed by atoms with Crippen molar-refractivity contribution in [2.75, 3.05) is 18.1 Å². The quantitative estimate of drug-likeness (QED) is 0.208. The topological polar surface area (TPSA) is 151 Å². The summed E-state index contributed by atoms with van der Waals surface area (Å²) in [6.07, 6.45) is 12.2. The zero-order valence-electron chi connectivity index (χ0n) is 23.6. The normalized spacial score (nSPS) is 14.9. The largest absolute Gasteiger partial charge is 0.384 e. The fourth-order valence-corrected chi connectivity index (χ4v) is 5.75. The lowest BCUT2D eigenvalue weighted by Crippen LogP contribution is -2.19. The summed E-state index contributed by atoms with van der Waals surface area (Å²) in [6.45, 7) is 0.787. The second-order valence-electron chi connectivity index (χ2n) is 10.5. The molecule has 1 fully saturated rings. The van der Waals surface area contributed by atoms with Crippen LogP contribution in [0.1, 0.15) is 25.5 Å². The first kappa shape index (κ1) is 27.6. The van der Waals surface area contributed by atoms with Crippen molar-refractivity contribution in [3.8, 4) is 28.2 Å². The van der Waals surface area contributed by atoms with Gasteiger partial charge in [-0.05, 0) is 49.6 Å². The molecule has 5 N–H and O–H groups in total. The number of rotatable bonds is 4. The molecule has 1 aliphatic rings. The summed E-state index contributed by atoms with van der Waals surface area (Å²) in [7, 11) is 0. The van der Waals surface area contributed by atoms with Gasteiger partial charge in [0.05, 0.1) is 39.5 Å². The maximum absolute atomic E-state index is 6.24. The van der Waals surface area contributed by atoms with Crippen molar-refractivity contribution in [3.05, 3.63) is 96.8 Å². The number of anilines is 2. The molecular weight excluding hydrogens is 576 g/mol. The molecule has 5 aromatic heterocycles. The minimum absolute atomic E-state index is 0.00170. The molecule has 12 heteroatoms. The number of imidazole rings is 1. The van der Waals surface area contributed by atoms with Gasteiger partial charge in [-0.25, -0.2) is 19.6 Å². The minimum Gasteiger partial charge on any atom is -0.384 e. The fraction of sp³-hybridized carbons (Fsp3) is 0.156. The number of nitrogen functional groups attached to an aromatic ring is 2. The van der Waals surface area contributed by atoms with Crippen molar-refractivity contribution >= 4 is 45.0 Å². The number of halogens is 1. The molecule has 8 rings (SSSR count). The molecule has 0 spiro atoms. The highest BCUT2D eigenvalue weighted by atomic mass is 35.5. The second kappa shape index (κ2) is 11.8. The first-order valence-electron chi connectivity index (χ1n) is 14.2. The third kappa shape index (κ3) is 5.46. The number of fused-ring (bicyclic) bond motifs is 2. The van der Waals surface area contributed by atoms with Crippen molar-refractivity contribution in [2.24, 2.45) is 0 Å². The lowest BCUT2D eigenvalue weighted by atomic mass is 10.1. The number of nitrogens with one attached hydrogen (secondary N) is 1. The monoisotopic (exact) mass is 604 g/mol. The smallest absolute Gasteiger partial charge is 0.150 e. The van der Waals surface area contributed by atoms with Crippen LogP contribution in [0.15, 0.2) is 91.8 Å². The van der Waals surface area contributed by atoms with Gasteiger partial charge in [0, 0.05) is 59.4 Å². The molecule has 1 saturated heterocycles. The Hall–Kier alpha value is -5.26. The molecule has 44 heavy (non-hydrogen) atoms. The van der Waals surface area contributed by atoms with E-state index >= 15 is 0 Å². The van der Waals surface area contributed by atoms with Gasteiger partial charge in [0.2, 0.25) is 0 Å². The van der Waals surface area contributed by atoms with Gasteiger partial charge < -0.3 is 20.8 Å². The van der Waals surface area contributed by atoms with Crippen LogP contribution in [0.4, 0.5) is 11.6 Å². The highest BCUT2D eigenvalue weighted by Crippen LogP contribution is 2.32. The Bertz CT molecular complexity index is 2050. The van der Waals surface area contributed by atoms with Gasteiger partial charge >= 0.3 is 0 Å². The van der Waals surface area contributed by atoms with Crippen molar-refractivity contribution in [1.82, 2.24) is 39.5 Å². The molecule has 0 aliphatic carbocycles. The third-order valence-corrected chi connectivity index (χ3v) is 7.89. The van der Waals surface area contributed by atoms with Crippen LogP contribution in [0, 0.1) is 0 Å². The van der Waals surface area contributed by atoms with Crippen LogP contribution < -0.4 is 11.5 Å². The van der Waals surface area contributed by atoms with Gasteiger partial charge in [-0.3, -0.25) is 5.10 Å². The number of benzene rings is 2. The molecule has 7 aromatic rings. The van der Waals surface area contributed by atoms with Crippen molar-refractivity contribution in [2.45, 2.75) is 25.5 Å². The van der Waals surface area contributed by atoms with Crippen molar-refractivity contribution in [3.63, 3.8) is 0 Å². The Kier molecular flexibility index (Phi) is 7.38. The maximum Gasteiger partial charge on any atom is 0.150 e. The van der Waals surface area contributed by atoms with E-state index < -0.39 is 0 Å². The van der Waals surface area contributed by atoms with E-state index in [0.717, 1.165) is 75.9 Å². The number of pyridine rings is 2. The summed E-state index contributed by atoms with van der Waals surface area (Å²) in [5.74, 6) is 0.900. The molecule has 1 aliphatic heterocycles. The fourth-order valence-electron chi connectivity index (χ4n) is 5.48. The number of nitrogens with two attached hydrogens (primary N) is 2. The Labute approximate surface area is 257 Å². The highest BCUT2D eigenvalue weighted by molar-refractivity contribution is 6.35. The summed E-state index contributed by atoms with van der Waals surface area (Å²) in [4.78, 5) is 12.9. The molecular formula is C32H29ClN10O. The molecule has 1 atom stereocenters. The second-order valence-corrected chi connectivity index (χ2v) is 10.9. The molecule has 1 unspecified atom stereocenters. The molecule has 220 valence electrons. The molecule has 2 aromatic carbocycles. The van der Waals surface area contributed by atoms with E-state index in [-0.39, 0.29) is 6.23 Å². The molecule has 0 bridgehead atoms. The summed E-state index contributed by atoms with van der Waals surface area (Å²) >= 11 is 6.24. The zero-order chi connectivity index (χ0) is 30.0. The predicted molar refractivity (Wildman–Crippen MR) is 172 cm³/mol. The summed E-state index contributed by atoms with van der Waals surface area (Å²) < 4.78 is 9.73. The van der Waals surface area contributed by atoms with Crippen molar-refractivity contribution in [1.29, 1.82) is 0 Å². The third-order valence-electron chi connectivity index (χ3n) is 7.58. The molecule has 11 nitrogen and oxygen atoms in total. The lowest BCUT2D eigenvalue weighted by molar-refractivity contribution is -0.0383. The summed E-state index contributed by atoms with van der Waals surface area (Å²) in [5.41, 5.74) is 18.3. The first-order valence-corrected chi connectivity index (χ1v) is 14.6. The zero-order valence-corrected chi connectivity index (χ0v) is 24.4.